The zero-order chi connectivity index (χ0) is 11.3. The Hall–Kier alpha value is -0.610. The Balaban J connectivity index is 2.61. The first kappa shape index (κ1) is 12.5. The van der Waals surface area contributed by atoms with Crippen molar-refractivity contribution in [3.8, 4) is 0 Å². The van der Waals surface area contributed by atoms with E-state index in [1.54, 1.807) is 7.11 Å². The molecule has 4 nitrogen and oxygen atoms in total. The van der Waals surface area contributed by atoms with E-state index in [-0.39, 0.29) is 0 Å². The van der Waals surface area contributed by atoms with E-state index in [4.69, 9.17) is 10.6 Å². The number of hydrogen-bond acceptors (Lipinski definition) is 3. The summed E-state index contributed by atoms with van der Waals surface area (Å²) in [6, 6.07) is 0. The van der Waals surface area contributed by atoms with Crippen LogP contribution in [0, 0.1) is 11.3 Å². The van der Waals surface area contributed by atoms with E-state index in [9.17, 15) is 0 Å². The third-order valence-electron chi connectivity index (χ3n) is 3.31. The fraction of sp³-hybridized carbons (Fsp3) is 0.909. The van der Waals surface area contributed by atoms with Gasteiger partial charge in [-0.15, -0.1) is 0 Å². The zero-order valence-electron chi connectivity index (χ0n) is 10.0. The summed E-state index contributed by atoms with van der Waals surface area (Å²) in [5, 5.41) is 0. The number of ether oxygens (including phenoxy) is 1. The molecule has 0 radical (unpaired) electrons. The molecule has 0 aromatic rings. The first-order chi connectivity index (χ1) is 7.11. The summed E-state index contributed by atoms with van der Waals surface area (Å²) in [7, 11) is 1.69. The van der Waals surface area contributed by atoms with Crippen LogP contribution in [-0.2, 0) is 4.74 Å². The molecule has 4 heteroatoms. The van der Waals surface area contributed by atoms with Gasteiger partial charge in [0.1, 0.15) is 5.84 Å². The number of rotatable bonds is 4. The van der Waals surface area contributed by atoms with Crippen LogP contribution < -0.4 is 11.3 Å². The molecule has 1 aliphatic rings. The molecule has 0 saturated heterocycles. The fourth-order valence-electron chi connectivity index (χ4n) is 2.35. The van der Waals surface area contributed by atoms with Gasteiger partial charge in [-0.3, -0.25) is 4.99 Å². The van der Waals surface area contributed by atoms with Crippen molar-refractivity contribution in [3.05, 3.63) is 0 Å². The Morgan fingerprint density at radius 3 is 2.80 bits per heavy atom. The maximum atomic E-state index is 5.53. The van der Waals surface area contributed by atoms with E-state index in [1.807, 2.05) is 0 Å². The lowest BCUT2D eigenvalue weighted by Gasteiger charge is -2.27. The maximum Gasteiger partial charge on any atom is 0.114 e. The molecule has 1 fully saturated rings. The molecule has 0 spiro atoms. The summed E-state index contributed by atoms with van der Waals surface area (Å²) >= 11 is 0. The van der Waals surface area contributed by atoms with Crippen molar-refractivity contribution >= 4 is 5.84 Å². The maximum absolute atomic E-state index is 5.53. The van der Waals surface area contributed by atoms with Crippen molar-refractivity contribution in [2.45, 2.75) is 33.1 Å². The molecule has 0 aliphatic heterocycles. The molecule has 1 atom stereocenters. The summed E-state index contributed by atoms with van der Waals surface area (Å²) in [6.07, 6.45) is 3.70. The lowest BCUT2D eigenvalue weighted by molar-refractivity contribution is 0.207. The van der Waals surface area contributed by atoms with E-state index in [2.05, 4.69) is 24.3 Å². The highest BCUT2D eigenvalue weighted by Crippen LogP contribution is 2.42. The van der Waals surface area contributed by atoms with Gasteiger partial charge in [-0.05, 0) is 18.3 Å². The lowest BCUT2D eigenvalue weighted by Crippen LogP contribution is -2.40. The average molecular weight is 213 g/mol. The number of hydrazine groups is 1. The van der Waals surface area contributed by atoms with Gasteiger partial charge < -0.3 is 10.2 Å². The summed E-state index contributed by atoms with van der Waals surface area (Å²) in [6.45, 7) is 5.91. The first-order valence-electron chi connectivity index (χ1n) is 5.61. The second-order valence-corrected chi connectivity index (χ2v) is 4.84. The van der Waals surface area contributed by atoms with E-state index in [0.717, 1.165) is 5.84 Å². The highest BCUT2D eigenvalue weighted by molar-refractivity contribution is 5.85. The molecule has 1 unspecified atom stereocenters. The Bertz CT molecular complexity index is 226. The van der Waals surface area contributed by atoms with Gasteiger partial charge in [-0.1, -0.05) is 20.3 Å². The van der Waals surface area contributed by atoms with Crippen LogP contribution in [0.25, 0.3) is 0 Å². The Morgan fingerprint density at radius 2 is 2.33 bits per heavy atom. The quantitative estimate of drug-likeness (QED) is 0.243. The number of hydrogen-bond donors (Lipinski definition) is 2. The van der Waals surface area contributed by atoms with E-state index >= 15 is 0 Å². The molecule has 15 heavy (non-hydrogen) atoms. The predicted octanol–water partition coefficient (Wildman–Crippen LogP) is 1.32. The summed E-state index contributed by atoms with van der Waals surface area (Å²) < 4.78 is 4.98. The molecule has 0 aromatic carbocycles. The minimum Gasteiger partial charge on any atom is -0.383 e. The Labute approximate surface area is 92.3 Å². The smallest absolute Gasteiger partial charge is 0.114 e. The largest absolute Gasteiger partial charge is 0.383 e. The van der Waals surface area contributed by atoms with Gasteiger partial charge in [0.05, 0.1) is 13.2 Å². The minimum absolute atomic E-state index is 0.318. The van der Waals surface area contributed by atoms with Crippen molar-refractivity contribution in [3.63, 3.8) is 0 Å². The van der Waals surface area contributed by atoms with Crippen LogP contribution in [0.3, 0.4) is 0 Å². The molecule has 3 N–H and O–H groups in total. The molecule has 1 rings (SSSR count). The summed E-state index contributed by atoms with van der Waals surface area (Å²) in [5.41, 5.74) is 3.07. The number of nitrogens with zero attached hydrogens (tertiary/aromatic N) is 1. The van der Waals surface area contributed by atoms with Crippen LogP contribution >= 0.6 is 0 Å². The Kier molecular flexibility index (Phi) is 4.54. The van der Waals surface area contributed by atoms with Gasteiger partial charge in [0, 0.05) is 13.0 Å². The van der Waals surface area contributed by atoms with Crippen molar-refractivity contribution in [1.29, 1.82) is 0 Å². The SMILES string of the molecule is COCCN=C(NN)C1CCCC1(C)C. The van der Waals surface area contributed by atoms with Crippen molar-refractivity contribution < 1.29 is 4.74 Å². The van der Waals surface area contributed by atoms with Gasteiger partial charge in [0.2, 0.25) is 0 Å². The van der Waals surface area contributed by atoms with Crippen molar-refractivity contribution in [1.82, 2.24) is 5.43 Å². The van der Waals surface area contributed by atoms with Crippen LogP contribution in [0.2, 0.25) is 0 Å². The van der Waals surface area contributed by atoms with Crippen LogP contribution in [0.1, 0.15) is 33.1 Å². The molecular formula is C11H23N3O. The number of nitrogens with two attached hydrogens (primary N) is 1. The molecule has 0 amide bonds. The number of amidine groups is 1. The molecule has 0 aromatic heterocycles. The van der Waals surface area contributed by atoms with E-state index in [0.29, 0.717) is 24.5 Å². The Morgan fingerprint density at radius 1 is 1.60 bits per heavy atom. The third kappa shape index (κ3) is 3.18. The predicted molar refractivity (Wildman–Crippen MR) is 62.6 cm³/mol. The van der Waals surface area contributed by atoms with Crippen LogP contribution in [0.4, 0.5) is 0 Å². The normalized spacial score (nSPS) is 25.6. The number of aliphatic imine (C=N–C) groups is 1. The average Bonchev–Trinajstić information content (AvgIpc) is 2.53. The van der Waals surface area contributed by atoms with E-state index < -0.39 is 0 Å². The monoisotopic (exact) mass is 213 g/mol. The van der Waals surface area contributed by atoms with Crippen molar-refractivity contribution in [2.75, 3.05) is 20.3 Å². The number of methoxy groups -OCH3 is 1. The zero-order valence-corrected chi connectivity index (χ0v) is 10.0. The van der Waals surface area contributed by atoms with Gasteiger partial charge in [0.15, 0.2) is 0 Å². The molecule has 88 valence electrons. The molecular weight excluding hydrogens is 190 g/mol. The standard InChI is InChI=1S/C11H23N3O/c1-11(2)6-4-5-9(11)10(14-12)13-7-8-15-3/h9H,4-8,12H2,1-3H3,(H,13,14). The second-order valence-electron chi connectivity index (χ2n) is 4.84. The fourth-order valence-corrected chi connectivity index (χ4v) is 2.35. The van der Waals surface area contributed by atoms with Crippen LogP contribution in [0.15, 0.2) is 4.99 Å². The third-order valence-corrected chi connectivity index (χ3v) is 3.31. The van der Waals surface area contributed by atoms with E-state index in [1.165, 1.54) is 19.3 Å². The van der Waals surface area contributed by atoms with Crippen LogP contribution in [-0.4, -0.2) is 26.1 Å². The molecule has 1 aliphatic carbocycles. The highest BCUT2D eigenvalue weighted by atomic mass is 16.5. The van der Waals surface area contributed by atoms with Crippen LogP contribution in [0.5, 0.6) is 0 Å². The first-order valence-corrected chi connectivity index (χ1v) is 5.61. The topological polar surface area (TPSA) is 59.6 Å². The van der Waals surface area contributed by atoms with Gasteiger partial charge >= 0.3 is 0 Å². The van der Waals surface area contributed by atoms with Gasteiger partial charge in [0.25, 0.3) is 0 Å². The molecule has 0 heterocycles. The molecule has 0 bridgehead atoms. The number of nitrogens with one attached hydrogen (secondary N) is 1. The second kappa shape index (κ2) is 5.47. The minimum atomic E-state index is 0.318. The summed E-state index contributed by atoms with van der Waals surface area (Å²) in [4.78, 5) is 4.47. The van der Waals surface area contributed by atoms with Gasteiger partial charge in [-0.2, -0.15) is 0 Å². The summed E-state index contributed by atoms with van der Waals surface area (Å²) in [5.74, 6) is 6.95. The lowest BCUT2D eigenvalue weighted by atomic mass is 9.81. The van der Waals surface area contributed by atoms with Crippen molar-refractivity contribution in [2.24, 2.45) is 22.2 Å². The van der Waals surface area contributed by atoms with Gasteiger partial charge in [-0.25, -0.2) is 5.84 Å². The highest BCUT2D eigenvalue weighted by Gasteiger charge is 2.37. The molecule has 1 saturated carbocycles.